The van der Waals surface area contributed by atoms with Crippen LogP contribution in [0.15, 0.2) is 12.7 Å². The van der Waals surface area contributed by atoms with Crippen molar-refractivity contribution in [2.75, 3.05) is 0 Å². The molecule has 0 aliphatic carbocycles. The van der Waals surface area contributed by atoms with Crippen molar-refractivity contribution < 1.29 is 4.79 Å². The number of carbonyl (C=O) groups excluding carboxylic acids is 1. The van der Waals surface area contributed by atoms with E-state index in [0.717, 1.165) is 25.5 Å². The van der Waals surface area contributed by atoms with Gasteiger partial charge in [0.05, 0.1) is 6.04 Å². The van der Waals surface area contributed by atoms with Crippen LogP contribution in [-0.2, 0) is 4.79 Å². The number of aldehydes is 1. The van der Waals surface area contributed by atoms with Crippen molar-refractivity contribution in [3.63, 3.8) is 0 Å². The molecule has 1 aliphatic heterocycles. The highest BCUT2D eigenvalue weighted by molar-refractivity contribution is 5.58. The first-order valence-corrected chi connectivity index (χ1v) is 3.69. The van der Waals surface area contributed by atoms with Gasteiger partial charge in [0.2, 0.25) is 0 Å². The Labute approximate surface area is 61.3 Å². The maximum Gasteiger partial charge on any atom is 0.136 e. The van der Waals surface area contributed by atoms with E-state index < -0.39 is 0 Å². The largest absolute Gasteiger partial charge is 0.305 e. The minimum atomic E-state index is 0.102. The average Bonchev–Trinajstić information content (AvgIpc) is 2.37. The Morgan fingerprint density at radius 2 is 2.40 bits per heavy atom. The standard InChI is InChI=1S/C8H13NO/c1-2-3-7-4-5-8(6-10)9-7/h2,6-9H,1,3-5H2/t7-,8+/m1/s1. The molecule has 1 aliphatic rings. The summed E-state index contributed by atoms with van der Waals surface area (Å²) >= 11 is 0. The molecular weight excluding hydrogens is 126 g/mol. The van der Waals surface area contributed by atoms with Crippen LogP contribution in [0.25, 0.3) is 0 Å². The lowest BCUT2D eigenvalue weighted by Crippen LogP contribution is -2.29. The molecular formula is C8H13NO. The van der Waals surface area contributed by atoms with Crippen LogP contribution in [0, 0.1) is 0 Å². The number of hydrogen-bond acceptors (Lipinski definition) is 2. The van der Waals surface area contributed by atoms with Crippen molar-refractivity contribution in [1.29, 1.82) is 0 Å². The Bertz CT molecular complexity index is 133. The Kier molecular flexibility index (Phi) is 2.63. The quantitative estimate of drug-likeness (QED) is 0.464. The smallest absolute Gasteiger partial charge is 0.136 e. The summed E-state index contributed by atoms with van der Waals surface area (Å²) in [5, 5.41) is 3.20. The Balaban J connectivity index is 2.27. The molecule has 0 radical (unpaired) electrons. The fourth-order valence-electron chi connectivity index (χ4n) is 1.34. The van der Waals surface area contributed by atoms with Crippen molar-refractivity contribution in [3.8, 4) is 0 Å². The summed E-state index contributed by atoms with van der Waals surface area (Å²) in [5.41, 5.74) is 0. The minimum Gasteiger partial charge on any atom is -0.305 e. The van der Waals surface area contributed by atoms with Crippen LogP contribution in [0.5, 0.6) is 0 Å². The van der Waals surface area contributed by atoms with Gasteiger partial charge >= 0.3 is 0 Å². The first-order chi connectivity index (χ1) is 4.86. The molecule has 0 aromatic rings. The lowest BCUT2D eigenvalue weighted by Gasteiger charge is -2.06. The number of rotatable bonds is 3. The molecule has 2 nitrogen and oxygen atoms in total. The molecule has 0 aromatic heterocycles. The summed E-state index contributed by atoms with van der Waals surface area (Å²) in [6.45, 7) is 3.65. The molecule has 0 bridgehead atoms. The maximum absolute atomic E-state index is 10.3. The zero-order valence-electron chi connectivity index (χ0n) is 6.05. The molecule has 0 saturated carbocycles. The van der Waals surface area contributed by atoms with Crippen LogP contribution >= 0.6 is 0 Å². The van der Waals surface area contributed by atoms with Crippen LogP contribution in [0.2, 0.25) is 0 Å². The predicted octanol–water partition coefficient (Wildman–Crippen LogP) is 0.882. The molecule has 0 unspecified atom stereocenters. The second kappa shape index (κ2) is 3.52. The topological polar surface area (TPSA) is 29.1 Å². The van der Waals surface area contributed by atoms with Gasteiger partial charge in [-0.25, -0.2) is 0 Å². The van der Waals surface area contributed by atoms with Crippen LogP contribution in [0.1, 0.15) is 19.3 Å². The van der Waals surface area contributed by atoms with Gasteiger partial charge in [0.25, 0.3) is 0 Å². The molecule has 10 heavy (non-hydrogen) atoms. The monoisotopic (exact) mass is 139 g/mol. The molecule has 0 aromatic carbocycles. The van der Waals surface area contributed by atoms with E-state index in [4.69, 9.17) is 0 Å². The van der Waals surface area contributed by atoms with Crippen molar-refractivity contribution >= 4 is 6.29 Å². The highest BCUT2D eigenvalue weighted by atomic mass is 16.1. The van der Waals surface area contributed by atoms with E-state index in [1.807, 2.05) is 6.08 Å². The molecule has 1 rings (SSSR count). The second-order valence-electron chi connectivity index (χ2n) is 2.71. The lowest BCUT2D eigenvalue weighted by atomic mass is 10.1. The first kappa shape index (κ1) is 7.48. The van der Waals surface area contributed by atoms with Gasteiger partial charge in [-0.05, 0) is 19.3 Å². The average molecular weight is 139 g/mol. The van der Waals surface area contributed by atoms with E-state index >= 15 is 0 Å². The highest BCUT2D eigenvalue weighted by Gasteiger charge is 2.21. The van der Waals surface area contributed by atoms with E-state index in [1.54, 1.807) is 0 Å². The van der Waals surface area contributed by atoms with Gasteiger partial charge in [-0.1, -0.05) is 6.08 Å². The van der Waals surface area contributed by atoms with Crippen molar-refractivity contribution in [1.82, 2.24) is 5.32 Å². The molecule has 2 atom stereocenters. The Morgan fingerprint density at radius 1 is 1.60 bits per heavy atom. The summed E-state index contributed by atoms with van der Waals surface area (Å²) in [7, 11) is 0. The Morgan fingerprint density at radius 3 is 2.90 bits per heavy atom. The van der Waals surface area contributed by atoms with E-state index in [2.05, 4.69) is 11.9 Å². The summed E-state index contributed by atoms with van der Waals surface area (Å²) in [5.74, 6) is 0. The second-order valence-corrected chi connectivity index (χ2v) is 2.71. The zero-order chi connectivity index (χ0) is 7.40. The van der Waals surface area contributed by atoms with Gasteiger partial charge in [0.15, 0.2) is 0 Å². The van der Waals surface area contributed by atoms with Crippen LogP contribution in [-0.4, -0.2) is 18.4 Å². The van der Waals surface area contributed by atoms with Gasteiger partial charge < -0.3 is 10.1 Å². The third kappa shape index (κ3) is 1.67. The molecule has 1 fully saturated rings. The fourth-order valence-corrected chi connectivity index (χ4v) is 1.34. The third-order valence-corrected chi connectivity index (χ3v) is 1.89. The zero-order valence-corrected chi connectivity index (χ0v) is 6.05. The molecule has 0 spiro atoms. The molecule has 56 valence electrons. The molecule has 1 heterocycles. The van der Waals surface area contributed by atoms with Crippen LogP contribution in [0.3, 0.4) is 0 Å². The van der Waals surface area contributed by atoms with E-state index in [-0.39, 0.29) is 6.04 Å². The van der Waals surface area contributed by atoms with E-state index in [1.165, 1.54) is 0 Å². The summed E-state index contributed by atoms with van der Waals surface area (Å²) in [4.78, 5) is 10.3. The Hall–Kier alpha value is -0.630. The lowest BCUT2D eigenvalue weighted by molar-refractivity contribution is -0.109. The number of carbonyl (C=O) groups is 1. The van der Waals surface area contributed by atoms with Gasteiger partial charge in [-0.3, -0.25) is 0 Å². The predicted molar refractivity (Wildman–Crippen MR) is 40.8 cm³/mol. The van der Waals surface area contributed by atoms with Gasteiger partial charge in [0.1, 0.15) is 6.29 Å². The fraction of sp³-hybridized carbons (Fsp3) is 0.625. The summed E-state index contributed by atoms with van der Waals surface area (Å²) in [6, 6.07) is 0.595. The normalized spacial score (nSPS) is 32.0. The highest BCUT2D eigenvalue weighted by Crippen LogP contribution is 2.13. The van der Waals surface area contributed by atoms with Crippen molar-refractivity contribution in [2.24, 2.45) is 0 Å². The summed E-state index contributed by atoms with van der Waals surface area (Å²) < 4.78 is 0. The van der Waals surface area contributed by atoms with Gasteiger partial charge in [-0.2, -0.15) is 0 Å². The van der Waals surface area contributed by atoms with Crippen LogP contribution < -0.4 is 5.32 Å². The minimum absolute atomic E-state index is 0.102. The molecule has 2 heteroatoms. The third-order valence-electron chi connectivity index (χ3n) is 1.89. The number of hydrogen-bond donors (Lipinski definition) is 1. The first-order valence-electron chi connectivity index (χ1n) is 3.69. The van der Waals surface area contributed by atoms with E-state index in [9.17, 15) is 4.79 Å². The van der Waals surface area contributed by atoms with E-state index in [0.29, 0.717) is 6.04 Å². The van der Waals surface area contributed by atoms with Crippen molar-refractivity contribution in [3.05, 3.63) is 12.7 Å². The molecule has 0 amide bonds. The summed E-state index contributed by atoms with van der Waals surface area (Å²) in [6.07, 6.45) is 5.95. The SMILES string of the molecule is C=CC[C@@H]1CC[C@@H](C=O)N1. The molecule has 1 saturated heterocycles. The maximum atomic E-state index is 10.3. The van der Waals surface area contributed by atoms with Crippen molar-refractivity contribution in [2.45, 2.75) is 31.3 Å². The molecule has 1 N–H and O–H groups in total. The number of nitrogens with one attached hydrogen (secondary N) is 1. The van der Waals surface area contributed by atoms with Gasteiger partial charge in [0, 0.05) is 6.04 Å². The van der Waals surface area contributed by atoms with Crippen LogP contribution in [0.4, 0.5) is 0 Å². The van der Waals surface area contributed by atoms with Gasteiger partial charge in [-0.15, -0.1) is 6.58 Å².